The molecule has 0 aliphatic heterocycles. The lowest BCUT2D eigenvalue weighted by Gasteiger charge is -2.05. The molecule has 0 saturated carbocycles. The Morgan fingerprint density at radius 1 is 1.55 bits per heavy atom. The molecule has 0 rings (SSSR count). The molecule has 0 aliphatic carbocycles. The van der Waals surface area contributed by atoms with Gasteiger partial charge in [-0.2, -0.15) is 0 Å². The fourth-order valence-corrected chi connectivity index (χ4v) is 0.285. The molecule has 0 amide bonds. The van der Waals surface area contributed by atoms with Crippen LogP contribution in [-0.4, -0.2) is 52.2 Å². The van der Waals surface area contributed by atoms with Crippen LogP contribution in [0.4, 0.5) is 0 Å². The molecular weight excluding hydrogens is 167 g/mol. The molecule has 5 nitrogen and oxygen atoms in total. The van der Waals surface area contributed by atoms with Gasteiger partial charge in [0.15, 0.2) is 23.5 Å². The van der Waals surface area contributed by atoms with Crippen LogP contribution in [0.2, 0.25) is 0 Å². The molecule has 2 N–H and O–H groups in total. The van der Waals surface area contributed by atoms with Crippen molar-refractivity contribution in [2.24, 2.45) is 0 Å². The normalized spacial score (nSPS) is 11.1. The van der Waals surface area contributed by atoms with Crippen molar-refractivity contribution in [3.05, 3.63) is 0 Å². The van der Waals surface area contributed by atoms with Gasteiger partial charge in [-0.05, 0) is 6.92 Å². The van der Waals surface area contributed by atoms with Crippen molar-refractivity contribution in [1.82, 2.24) is 0 Å². The smallest absolute Gasteiger partial charge is 0.344 e. The number of carboxylic acids is 1. The Kier molecular flexibility index (Phi) is 7.31. The van der Waals surface area contributed by atoms with Crippen LogP contribution in [0.25, 0.3) is 0 Å². The summed E-state index contributed by atoms with van der Waals surface area (Å²) in [6, 6.07) is 0. The second kappa shape index (κ2) is 6.16. The van der Waals surface area contributed by atoms with Gasteiger partial charge in [-0.25, -0.2) is 9.59 Å². The Morgan fingerprint density at radius 3 is 2.27 bits per heavy atom. The zero-order valence-electron chi connectivity index (χ0n) is 5.40. The number of aliphatic hydroxyl groups is 1. The van der Waals surface area contributed by atoms with Crippen LogP contribution in [0.5, 0.6) is 0 Å². The second-order valence-corrected chi connectivity index (χ2v) is 1.63. The maximum atomic E-state index is 10.2. The van der Waals surface area contributed by atoms with E-state index in [9.17, 15) is 9.59 Å². The summed E-state index contributed by atoms with van der Waals surface area (Å²) in [5.41, 5.74) is 0. The van der Waals surface area contributed by atoms with E-state index in [0.29, 0.717) is 0 Å². The van der Waals surface area contributed by atoms with Gasteiger partial charge in [-0.15, -0.1) is 0 Å². The zero-order chi connectivity index (χ0) is 8.15. The molecule has 0 aromatic carbocycles. The van der Waals surface area contributed by atoms with Crippen LogP contribution in [0.1, 0.15) is 6.92 Å². The first-order valence-electron chi connectivity index (χ1n) is 2.61. The molecule has 11 heavy (non-hydrogen) atoms. The third kappa shape index (κ3) is 5.86. The molecule has 0 aliphatic rings. The molecule has 0 saturated heterocycles. The van der Waals surface area contributed by atoms with Gasteiger partial charge < -0.3 is 14.9 Å². The molecule has 0 heterocycles. The number of rotatable bonds is 3. The summed E-state index contributed by atoms with van der Waals surface area (Å²) in [7, 11) is 0. The van der Waals surface area contributed by atoms with E-state index in [4.69, 9.17) is 10.2 Å². The van der Waals surface area contributed by atoms with E-state index in [0.717, 1.165) is 0 Å². The number of ether oxygens (including phenoxy) is 1. The van der Waals surface area contributed by atoms with Gasteiger partial charge in [-0.3, -0.25) is 0 Å². The number of carbonyl (C=O) groups excluding carboxylic acids is 1. The van der Waals surface area contributed by atoms with Crippen molar-refractivity contribution in [3.8, 4) is 0 Å². The molecule has 0 aromatic rings. The average molecular weight is 178 g/mol. The molecule has 0 spiro atoms. The number of hydrogen-bond donors (Lipinski definition) is 2. The van der Waals surface area contributed by atoms with Gasteiger partial charge in [0.25, 0.3) is 0 Å². The number of esters is 1. The summed E-state index contributed by atoms with van der Waals surface area (Å²) in [6.45, 7) is 0.410. The highest BCUT2D eigenvalue weighted by Crippen LogP contribution is 1.89. The van der Waals surface area contributed by atoms with Crippen molar-refractivity contribution >= 4 is 29.3 Å². The minimum Gasteiger partial charge on any atom is -0.479 e. The Hall–Kier alpha value is -0.568. The van der Waals surface area contributed by atoms with Gasteiger partial charge in [0.05, 0.1) is 0 Å². The van der Waals surface area contributed by atoms with E-state index in [-0.39, 0.29) is 17.4 Å². The first kappa shape index (κ1) is 13.1. The zero-order valence-corrected chi connectivity index (χ0v) is 5.40. The number of carbonyl (C=O) groups is 2. The first-order chi connectivity index (χ1) is 4.57. The minimum atomic E-state index is -1.23. The van der Waals surface area contributed by atoms with Crippen molar-refractivity contribution in [2.75, 3.05) is 6.61 Å². The topological polar surface area (TPSA) is 83.8 Å². The van der Waals surface area contributed by atoms with Crippen LogP contribution < -0.4 is 0 Å². The number of aliphatic carboxylic acids is 1. The summed E-state index contributed by atoms with van der Waals surface area (Å²) in [5, 5.41) is 16.3. The highest BCUT2D eigenvalue weighted by Gasteiger charge is 2.14. The second-order valence-electron chi connectivity index (χ2n) is 1.63. The van der Waals surface area contributed by atoms with E-state index in [1.54, 1.807) is 0 Å². The molecule has 0 aromatic heterocycles. The van der Waals surface area contributed by atoms with Crippen LogP contribution >= 0.6 is 0 Å². The Morgan fingerprint density at radius 2 is 2.00 bits per heavy atom. The third-order valence-electron chi connectivity index (χ3n) is 0.785. The van der Waals surface area contributed by atoms with Crippen LogP contribution in [0, 0.1) is 0 Å². The summed E-state index contributed by atoms with van der Waals surface area (Å²) in [6.07, 6.45) is -1.19. The Labute approximate surface area is 74.1 Å². The molecule has 0 fully saturated rings. The van der Waals surface area contributed by atoms with Crippen LogP contribution in [0.3, 0.4) is 0 Å². The predicted molar refractivity (Wildman–Crippen MR) is 40.2 cm³/mol. The van der Waals surface area contributed by atoms with Gasteiger partial charge in [0.2, 0.25) is 0 Å². The Bertz CT molecular complexity index is 146. The van der Waals surface area contributed by atoms with Gasteiger partial charge >= 0.3 is 11.9 Å². The lowest BCUT2D eigenvalue weighted by atomic mass is 10.4. The van der Waals surface area contributed by atoms with Crippen molar-refractivity contribution in [1.29, 1.82) is 0 Å². The van der Waals surface area contributed by atoms with Crippen molar-refractivity contribution < 1.29 is 24.5 Å². The highest BCUT2D eigenvalue weighted by atomic mass is 27.0. The average Bonchev–Trinajstić information content (AvgIpc) is 1.87. The first-order valence-corrected chi connectivity index (χ1v) is 2.61. The molecule has 0 radical (unpaired) electrons. The SMILES string of the molecule is CC(OC(=O)CO)C(=O)O.[AlH3]. The Balaban J connectivity index is 0. The fourth-order valence-electron chi connectivity index (χ4n) is 0.285. The largest absolute Gasteiger partial charge is 0.479 e. The van der Waals surface area contributed by atoms with E-state index < -0.39 is 24.6 Å². The quantitative estimate of drug-likeness (QED) is 0.379. The molecule has 1 atom stereocenters. The van der Waals surface area contributed by atoms with Crippen LogP contribution in [-0.2, 0) is 14.3 Å². The molecular formula is C5H11AlO5. The number of aliphatic hydroxyl groups excluding tert-OH is 1. The van der Waals surface area contributed by atoms with E-state index in [1.807, 2.05) is 0 Å². The molecule has 6 heteroatoms. The standard InChI is InChI=1S/C5H8O5.Al.3H/c1-3(5(8)9)10-4(7)2-6;;;;/h3,6H,2H2,1H3,(H,8,9);;;;. The van der Waals surface area contributed by atoms with Gasteiger partial charge in [0.1, 0.15) is 6.61 Å². The number of carboxylic acid groups (broad SMARTS) is 1. The van der Waals surface area contributed by atoms with Crippen molar-refractivity contribution in [2.45, 2.75) is 13.0 Å². The fraction of sp³-hybridized carbons (Fsp3) is 0.600. The predicted octanol–water partition coefficient (Wildman–Crippen LogP) is -2.19. The van der Waals surface area contributed by atoms with Crippen molar-refractivity contribution in [3.63, 3.8) is 0 Å². The van der Waals surface area contributed by atoms with Gasteiger partial charge in [-0.1, -0.05) is 0 Å². The molecule has 0 bridgehead atoms. The third-order valence-corrected chi connectivity index (χ3v) is 0.785. The van der Waals surface area contributed by atoms with E-state index in [1.165, 1.54) is 6.92 Å². The van der Waals surface area contributed by atoms with E-state index >= 15 is 0 Å². The summed E-state index contributed by atoms with van der Waals surface area (Å²) >= 11 is 0. The van der Waals surface area contributed by atoms with Crippen LogP contribution in [0.15, 0.2) is 0 Å². The van der Waals surface area contributed by atoms with E-state index in [2.05, 4.69) is 4.74 Å². The monoisotopic (exact) mass is 178 g/mol. The minimum absolute atomic E-state index is 0. The highest BCUT2D eigenvalue weighted by molar-refractivity contribution is 5.77. The number of hydrogen-bond acceptors (Lipinski definition) is 4. The molecule has 64 valence electrons. The summed E-state index contributed by atoms with van der Waals surface area (Å²) in [4.78, 5) is 20.2. The maximum Gasteiger partial charge on any atom is 0.344 e. The summed E-state index contributed by atoms with van der Waals surface area (Å²) < 4.78 is 4.17. The lowest BCUT2D eigenvalue weighted by molar-refractivity contribution is -0.164. The molecule has 1 unspecified atom stereocenters. The maximum absolute atomic E-state index is 10.2. The lowest BCUT2D eigenvalue weighted by Crippen LogP contribution is -2.24. The summed E-state index contributed by atoms with van der Waals surface area (Å²) in [5.74, 6) is -2.17. The van der Waals surface area contributed by atoms with Gasteiger partial charge in [0, 0.05) is 0 Å².